The van der Waals surface area contributed by atoms with E-state index >= 15 is 0 Å². The normalized spacial score (nSPS) is 12.7. The number of hydrogen-bond donors (Lipinski definition) is 2. The van der Waals surface area contributed by atoms with Gasteiger partial charge in [0.25, 0.3) is 5.56 Å². The van der Waals surface area contributed by atoms with Crippen LogP contribution < -0.4 is 10.9 Å². The molecule has 0 saturated heterocycles. The molecule has 0 radical (unpaired) electrons. The minimum Gasteiger partial charge on any atom is -0.382 e. The number of rotatable bonds is 7. The van der Waals surface area contributed by atoms with E-state index in [4.69, 9.17) is 9.47 Å². The summed E-state index contributed by atoms with van der Waals surface area (Å²) in [4.78, 5) is 18.5. The number of hydrogen-bond acceptors (Lipinski definition) is 5. The lowest BCUT2D eigenvalue weighted by atomic mass is 10.2. The van der Waals surface area contributed by atoms with Crippen molar-refractivity contribution in [3.63, 3.8) is 0 Å². The molecule has 2 N–H and O–H groups in total. The van der Waals surface area contributed by atoms with E-state index in [1.807, 2.05) is 13.8 Å². The molecule has 6 heteroatoms. The third-order valence-corrected chi connectivity index (χ3v) is 2.50. The van der Waals surface area contributed by atoms with E-state index in [1.54, 1.807) is 14.2 Å². The second-order valence-electron chi connectivity index (χ2n) is 4.36. The van der Waals surface area contributed by atoms with Crippen molar-refractivity contribution in [2.45, 2.75) is 25.9 Å². The van der Waals surface area contributed by atoms with Crippen LogP contribution in [0.1, 0.15) is 25.6 Å². The lowest BCUT2D eigenvalue weighted by molar-refractivity contribution is 0.0365. The molecule has 1 unspecified atom stereocenters. The molecule has 0 spiro atoms. The van der Waals surface area contributed by atoms with Crippen molar-refractivity contribution in [2.75, 3.05) is 32.7 Å². The van der Waals surface area contributed by atoms with Crippen molar-refractivity contribution < 1.29 is 9.47 Å². The van der Waals surface area contributed by atoms with Gasteiger partial charge in [0.05, 0.1) is 12.7 Å². The molecule has 18 heavy (non-hydrogen) atoms. The Kier molecular flexibility index (Phi) is 5.80. The van der Waals surface area contributed by atoms with Crippen LogP contribution >= 0.6 is 0 Å². The summed E-state index contributed by atoms with van der Waals surface area (Å²) >= 11 is 0. The van der Waals surface area contributed by atoms with Crippen LogP contribution in [0.15, 0.2) is 10.9 Å². The van der Waals surface area contributed by atoms with Crippen LogP contribution in [0.4, 0.5) is 5.82 Å². The summed E-state index contributed by atoms with van der Waals surface area (Å²) in [6.07, 6.45) is -0.0708. The fourth-order valence-corrected chi connectivity index (χ4v) is 1.46. The van der Waals surface area contributed by atoms with Crippen LogP contribution in [-0.2, 0) is 9.47 Å². The Hall–Kier alpha value is -1.40. The van der Waals surface area contributed by atoms with Crippen molar-refractivity contribution in [1.82, 2.24) is 9.97 Å². The average molecular weight is 255 g/mol. The third kappa shape index (κ3) is 4.46. The molecule has 0 aliphatic carbocycles. The molecule has 102 valence electrons. The predicted molar refractivity (Wildman–Crippen MR) is 70.1 cm³/mol. The molecule has 1 aromatic heterocycles. The van der Waals surface area contributed by atoms with Crippen LogP contribution in [0.25, 0.3) is 0 Å². The van der Waals surface area contributed by atoms with E-state index in [0.29, 0.717) is 24.8 Å². The summed E-state index contributed by atoms with van der Waals surface area (Å²) < 4.78 is 10.2. The number of H-pyrrole nitrogens is 1. The predicted octanol–water partition coefficient (Wildman–Crippen LogP) is 0.967. The maximum atomic E-state index is 11.5. The molecule has 6 nitrogen and oxygen atoms in total. The molecule has 1 heterocycles. The van der Waals surface area contributed by atoms with Gasteiger partial charge in [0, 0.05) is 32.7 Å². The van der Waals surface area contributed by atoms with E-state index in [1.165, 1.54) is 6.07 Å². The summed E-state index contributed by atoms with van der Waals surface area (Å²) in [6, 6.07) is 1.44. The Morgan fingerprint density at radius 3 is 2.72 bits per heavy atom. The van der Waals surface area contributed by atoms with Crippen molar-refractivity contribution in [2.24, 2.45) is 0 Å². The van der Waals surface area contributed by atoms with Crippen LogP contribution in [0, 0.1) is 0 Å². The zero-order valence-electron chi connectivity index (χ0n) is 11.3. The molecule has 1 aromatic rings. The maximum Gasteiger partial charge on any atom is 0.252 e. The molecule has 0 bridgehead atoms. The van der Waals surface area contributed by atoms with Gasteiger partial charge in [0.1, 0.15) is 11.6 Å². The average Bonchev–Trinajstić information content (AvgIpc) is 2.33. The van der Waals surface area contributed by atoms with E-state index in [2.05, 4.69) is 15.3 Å². The number of methoxy groups -OCH3 is 2. The first-order valence-electron chi connectivity index (χ1n) is 5.93. The zero-order valence-corrected chi connectivity index (χ0v) is 11.3. The summed E-state index contributed by atoms with van der Waals surface area (Å²) in [5.74, 6) is 1.41. The molecule has 0 fully saturated rings. The van der Waals surface area contributed by atoms with Gasteiger partial charge in [-0.05, 0) is 0 Å². The Bertz CT molecular complexity index is 417. The summed E-state index contributed by atoms with van der Waals surface area (Å²) in [7, 11) is 3.24. The zero-order chi connectivity index (χ0) is 13.5. The fraction of sp³-hybridized carbons (Fsp3) is 0.667. The second kappa shape index (κ2) is 7.13. The van der Waals surface area contributed by atoms with Gasteiger partial charge >= 0.3 is 0 Å². The van der Waals surface area contributed by atoms with Crippen molar-refractivity contribution in [3.05, 3.63) is 22.2 Å². The van der Waals surface area contributed by atoms with Gasteiger partial charge in [-0.2, -0.15) is 0 Å². The topological polar surface area (TPSA) is 76.2 Å². The lowest BCUT2D eigenvalue weighted by Crippen LogP contribution is -2.27. The molecule has 0 aliphatic heterocycles. The Morgan fingerprint density at radius 2 is 2.17 bits per heavy atom. The molecule has 1 atom stereocenters. The van der Waals surface area contributed by atoms with Crippen molar-refractivity contribution in [1.29, 1.82) is 0 Å². The largest absolute Gasteiger partial charge is 0.382 e. The number of aromatic nitrogens is 2. The van der Waals surface area contributed by atoms with Gasteiger partial charge in [-0.1, -0.05) is 13.8 Å². The third-order valence-electron chi connectivity index (χ3n) is 2.50. The minimum atomic E-state index is -0.156. The minimum absolute atomic E-state index is 0.0708. The molecular formula is C12H21N3O3. The van der Waals surface area contributed by atoms with Gasteiger partial charge in [-0.25, -0.2) is 4.98 Å². The number of nitrogens with one attached hydrogen (secondary N) is 2. The first kappa shape index (κ1) is 14.7. The highest BCUT2D eigenvalue weighted by atomic mass is 16.5. The number of ether oxygens (including phenoxy) is 2. The quantitative estimate of drug-likeness (QED) is 0.759. The molecule has 0 amide bonds. The molecule has 1 rings (SSSR count). The highest BCUT2D eigenvalue weighted by molar-refractivity contribution is 5.33. The lowest BCUT2D eigenvalue weighted by Gasteiger charge is -2.15. The van der Waals surface area contributed by atoms with E-state index < -0.39 is 0 Å². The standard InChI is InChI=1S/C12H21N3O3/c1-8(2)12-14-10(5-11(16)15-12)13-6-9(18-4)7-17-3/h5,8-9H,6-7H2,1-4H3,(H2,13,14,15,16). The van der Waals surface area contributed by atoms with E-state index in [-0.39, 0.29) is 17.6 Å². The SMILES string of the molecule is COCC(CNc1cc(=O)[nH]c(C(C)C)n1)OC. The van der Waals surface area contributed by atoms with Crippen LogP contribution in [0.3, 0.4) is 0 Å². The summed E-state index contributed by atoms with van der Waals surface area (Å²) in [5.41, 5.74) is -0.156. The van der Waals surface area contributed by atoms with Gasteiger partial charge in [-0.15, -0.1) is 0 Å². The molecular weight excluding hydrogens is 234 g/mol. The Balaban J connectivity index is 2.69. The second-order valence-corrected chi connectivity index (χ2v) is 4.36. The van der Waals surface area contributed by atoms with Gasteiger partial charge in [0.2, 0.25) is 0 Å². The van der Waals surface area contributed by atoms with Crippen LogP contribution in [0.2, 0.25) is 0 Å². The maximum absolute atomic E-state index is 11.5. The smallest absolute Gasteiger partial charge is 0.252 e. The van der Waals surface area contributed by atoms with Crippen LogP contribution in [0.5, 0.6) is 0 Å². The van der Waals surface area contributed by atoms with Crippen molar-refractivity contribution >= 4 is 5.82 Å². The van der Waals surface area contributed by atoms with Crippen LogP contribution in [-0.4, -0.2) is 43.4 Å². The number of nitrogens with zero attached hydrogens (tertiary/aromatic N) is 1. The van der Waals surface area contributed by atoms with Gasteiger partial charge in [0.15, 0.2) is 0 Å². The molecule has 0 aliphatic rings. The summed E-state index contributed by atoms with van der Waals surface area (Å²) in [6.45, 7) is 4.98. The number of anilines is 1. The molecule has 0 aromatic carbocycles. The Morgan fingerprint density at radius 1 is 1.44 bits per heavy atom. The van der Waals surface area contributed by atoms with Gasteiger partial charge in [-0.3, -0.25) is 4.79 Å². The van der Waals surface area contributed by atoms with E-state index in [9.17, 15) is 4.79 Å². The highest BCUT2D eigenvalue weighted by Crippen LogP contribution is 2.09. The van der Waals surface area contributed by atoms with E-state index in [0.717, 1.165) is 0 Å². The first-order chi connectivity index (χ1) is 8.56. The van der Waals surface area contributed by atoms with Crippen molar-refractivity contribution in [3.8, 4) is 0 Å². The monoisotopic (exact) mass is 255 g/mol. The fourth-order valence-electron chi connectivity index (χ4n) is 1.46. The summed E-state index contributed by atoms with van der Waals surface area (Å²) in [5, 5.41) is 3.08. The Labute approximate surface area is 107 Å². The first-order valence-corrected chi connectivity index (χ1v) is 5.93. The van der Waals surface area contributed by atoms with Gasteiger partial charge < -0.3 is 19.8 Å². The highest BCUT2D eigenvalue weighted by Gasteiger charge is 2.09. The number of aromatic amines is 1. The molecule has 0 saturated carbocycles.